The van der Waals surface area contributed by atoms with Crippen molar-refractivity contribution in [2.24, 2.45) is 5.41 Å². The zero-order valence-corrected chi connectivity index (χ0v) is 17.7. The Hall–Kier alpha value is -2.54. The minimum atomic E-state index is -4.77. The molecule has 2 saturated carbocycles. The van der Waals surface area contributed by atoms with Crippen molar-refractivity contribution in [3.05, 3.63) is 59.7 Å². The van der Waals surface area contributed by atoms with Crippen LogP contribution in [0.3, 0.4) is 0 Å². The summed E-state index contributed by atoms with van der Waals surface area (Å²) >= 11 is 0. The second-order valence-electron chi connectivity index (χ2n) is 9.15. The van der Waals surface area contributed by atoms with E-state index in [2.05, 4.69) is 10.1 Å². The minimum absolute atomic E-state index is 0.0996. The Morgan fingerprint density at radius 2 is 1.84 bits per heavy atom. The Kier molecular flexibility index (Phi) is 5.40. The molecule has 1 N–H and O–H groups in total. The first-order valence-electron chi connectivity index (χ1n) is 11.2. The Morgan fingerprint density at radius 1 is 1.06 bits per heavy atom. The number of carbonyl (C=O) groups excluding carboxylic acids is 1. The fourth-order valence-electron chi connectivity index (χ4n) is 5.38. The quantitative estimate of drug-likeness (QED) is 0.643. The van der Waals surface area contributed by atoms with Crippen LogP contribution in [0.4, 0.5) is 13.2 Å². The van der Waals surface area contributed by atoms with Gasteiger partial charge in [0.05, 0.1) is 6.10 Å². The maximum absolute atomic E-state index is 13.5. The molecule has 2 aromatic rings. The van der Waals surface area contributed by atoms with Crippen molar-refractivity contribution in [3.8, 4) is 11.5 Å². The summed E-state index contributed by atoms with van der Waals surface area (Å²) in [5.41, 5.74) is 1.15. The number of ether oxygens (including phenoxy) is 2. The summed E-state index contributed by atoms with van der Waals surface area (Å²) < 4.78 is 48.7. The van der Waals surface area contributed by atoms with Gasteiger partial charge in [0.1, 0.15) is 17.3 Å². The Morgan fingerprint density at radius 3 is 2.56 bits per heavy atom. The van der Waals surface area contributed by atoms with Crippen molar-refractivity contribution in [2.45, 2.75) is 63.0 Å². The molecule has 3 aliphatic rings. The molecule has 0 bridgehead atoms. The number of ketones is 1. The summed E-state index contributed by atoms with van der Waals surface area (Å²) in [6.07, 6.45) is -0.258. The van der Waals surface area contributed by atoms with Crippen molar-refractivity contribution in [1.29, 1.82) is 0 Å². The second-order valence-corrected chi connectivity index (χ2v) is 9.15. The molecule has 7 heteroatoms. The molecule has 4 nitrogen and oxygen atoms in total. The van der Waals surface area contributed by atoms with E-state index in [4.69, 9.17) is 4.74 Å². The first-order chi connectivity index (χ1) is 15.3. The third-order valence-electron chi connectivity index (χ3n) is 6.90. The molecule has 0 aromatic heterocycles. The van der Waals surface area contributed by atoms with E-state index in [0.29, 0.717) is 24.2 Å². The maximum Gasteiger partial charge on any atom is 0.573 e. The lowest BCUT2D eigenvalue weighted by atomic mass is 9.69. The van der Waals surface area contributed by atoms with Crippen LogP contribution in [-0.4, -0.2) is 24.8 Å². The van der Waals surface area contributed by atoms with Gasteiger partial charge in [-0.2, -0.15) is 0 Å². The molecule has 0 amide bonds. The van der Waals surface area contributed by atoms with Gasteiger partial charge in [-0.1, -0.05) is 30.3 Å². The second kappa shape index (κ2) is 8.10. The lowest BCUT2D eigenvalue weighted by Crippen LogP contribution is -2.45. The number of alkyl halides is 3. The van der Waals surface area contributed by atoms with Gasteiger partial charge in [-0.15, -0.1) is 13.2 Å². The minimum Gasteiger partial charge on any atom is -0.490 e. The third kappa shape index (κ3) is 4.22. The van der Waals surface area contributed by atoms with E-state index < -0.39 is 11.8 Å². The van der Waals surface area contributed by atoms with Gasteiger partial charge >= 0.3 is 6.36 Å². The largest absolute Gasteiger partial charge is 0.573 e. The molecule has 170 valence electrons. The number of Topliss-reactive ketones (excluding diaryl/α,β-unsaturated/α-hetero) is 1. The summed E-state index contributed by atoms with van der Waals surface area (Å²) in [7, 11) is 0. The van der Waals surface area contributed by atoms with Crippen LogP contribution in [0.15, 0.2) is 48.5 Å². The maximum atomic E-state index is 13.5. The molecule has 3 unspecified atom stereocenters. The first kappa shape index (κ1) is 21.3. The molecule has 1 heterocycles. The third-order valence-corrected chi connectivity index (χ3v) is 6.90. The van der Waals surface area contributed by atoms with Crippen molar-refractivity contribution in [1.82, 2.24) is 5.32 Å². The molecule has 1 saturated heterocycles. The van der Waals surface area contributed by atoms with Crippen LogP contribution in [0.25, 0.3) is 0 Å². The molecule has 1 aliphatic heterocycles. The summed E-state index contributed by atoms with van der Waals surface area (Å²) in [4.78, 5) is 13.5. The highest BCUT2D eigenvalue weighted by Crippen LogP contribution is 2.56. The van der Waals surface area contributed by atoms with Crippen LogP contribution in [0.2, 0.25) is 0 Å². The van der Waals surface area contributed by atoms with Crippen LogP contribution < -0.4 is 14.8 Å². The predicted molar refractivity (Wildman–Crippen MR) is 113 cm³/mol. The van der Waals surface area contributed by atoms with Crippen LogP contribution in [0, 0.1) is 5.41 Å². The number of nitrogens with one attached hydrogen (secondary N) is 1. The molecule has 32 heavy (non-hydrogen) atoms. The highest BCUT2D eigenvalue weighted by molar-refractivity contribution is 5.89. The monoisotopic (exact) mass is 445 g/mol. The van der Waals surface area contributed by atoms with E-state index >= 15 is 0 Å². The summed E-state index contributed by atoms with van der Waals surface area (Å²) in [6, 6.07) is 14.1. The van der Waals surface area contributed by atoms with Gasteiger partial charge in [0.2, 0.25) is 0 Å². The van der Waals surface area contributed by atoms with Crippen LogP contribution >= 0.6 is 0 Å². The average molecular weight is 445 g/mol. The molecule has 1 spiro atoms. The van der Waals surface area contributed by atoms with Crippen molar-refractivity contribution >= 4 is 5.78 Å². The number of piperidine rings is 1. The van der Waals surface area contributed by atoms with Gasteiger partial charge in [-0.3, -0.25) is 4.79 Å². The van der Waals surface area contributed by atoms with Gasteiger partial charge in [-0.25, -0.2) is 0 Å². The normalized spacial score (nSPS) is 28.2. The smallest absolute Gasteiger partial charge is 0.490 e. The van der Waals surface area contributed by atoms with Gasteiger partial charge in [0.15, 0.2) is 0 Å². The van der Waals surface area contributed by atoms with Crippen LogP contribution in [0.5, 0.6) is 11.5 Å². The van der Waals surface area contributed by atoms with Crippen molar-refractivity contribution < 1.29 is 27.4 Å². The summed E-state index contributed by atoms with van der Waals surface area (Å²) in [5, 5.41) is 3.54. The van der Waals surface area contributed by atoms with Crippen LogP contribution in [-0.2, 0) is 4.79 Å². The number of benzene rings is 2. The fourth-order valence-corrected chi connectivity index (χ4v) is 5.38. The Labute approximate surface area is 185 Å². The van der Waals surface area contributed by atoms with Gasteiger partial charge in [0, 0.05) is 23.4 Å². The lowest BCUT2D eigenvalue weighted by Gasteiger charge is -2.41. The number of rotatable bonds is 5. The topological polar surface area (TPSA) is 47.6 Å². The van der Waals surface area contributed by atoms with E-state index in [0.717, 1.165) is 37.8 Å². The van der Waals surface area contributed by atoms with Gasteiger partial charge in [-0.05, 0) is 68.3 Å². The summed E-state index contributed by atoms with van der Waals surface area (Å²) in [5.74, 6) is 0.254. The van der Waals surface area contributed by atoms with Crippen molar-refractivity contribution in [2.75, 3.05) is 6.54 Å². The van der Waals surface area contributed by atoms with Crippen molar-refractivity contribution in [3.63, 3.8) is 0 Å². The zero-order chi connectivity index (χ0) is 22.3. The molecule has 3 fully saturated rings. The van der Waals surface area contributed by atoms with E-state index in [9.17, 15) is 18.0 Å². The Balaban J connectivity index is 1.48. The molecular weight excluding hydrogens is 419 g/mol. The molecule has 0 radical (unpaired) electrons. The van der Waals surface area contributed by atoms with Crippen LogP contribution in [0.1, 0.15) is 61.6 Å². The number of halogens is 3. The van der Waals surface area contributed by atoms with Gasteiger partial charge < -0.3 is 14.8 Å². The molecular formula is C25H26F3NO3. The van der Waals surface area contributed by atoms with E-state index in [1.165, 1.54) is 12.1 Å². The number of hydrogen-bond donors (Lipinski definition) is 1. The molecule has 5 rings (SSSR count). The average Bonchev–Trinajstić information content (AvgIpc) is 3.52. The SMILES string of the molecule is O=C1CC(c2cc(OC(F)(F)F)ccc2OC2CC2)CC12CCCNC2c1ccccc1. The van der Waals surface area contributed by atoms with E-state index in [-0.39, 0.29) is 29.6 Å². The van der Waals surface area contributed by atoms with E-state index in [1.54, 1.807) is 6.07 Å². The number of hydrogen-bond acceptors (Lipinski definition) is 4. The molecule has 2 aliphatic carbocycles. The lowest BCUT2D eigenvalue weighted by molar-refractivity contribution is -0.274. The van der Waals surface area contributed by atoms with Gasteiger partial charge in [0.25, 0.3) is 0 Å². The fraction of sp³-hybridized carbons (Fsp3) is 0.480. The highest BCUT2D eigenvalue weighted by atomic mass is 19.4. The summed E-state index contributed by atoms with van der Waals surface area (Å²) in [6.45, 7) is 0.838. The number of carbonyl (C=O) groups is 1. The molecule has 3 atom stereocenters. The predicted octanol–water partition coefficient (Wildman–Crippen LogP) is 5.68. The Bertz CT molecular complexity index is 990. The standard InChI is InChI=1S/C25H26F3NO3/c26-25(27,28)32-19-9-10-21(31-18-7-8-18)20(14-19)17-13-22(30)24(15-17)11-4-12-29-23(24)16-5-2-1-3-6-16/h1-3,5-6,9-10,14,17-18,23,29H,4,7-8,11-13,15H2. The zero-order valence-electron chi connectivity index (χ0n) is 17.7. The highest BCUT2D eigenvalue weighted by Gasteiger charge is 2.53. The van der Waals surface area contributed by atoms with E-state index in [1.807, 2.05) is 30.3 Å². The molecule has 2 aromatic carbocycles. The first-order valence-corrected chi connectivity index (χ1v) is 11.2.